The Morgan fingerprint density at radius 1 is 1.43 bits per heavy atom. The lowest BCUT2D eigenvalue weighted by Gasteiger charge is -2.11. The SMILES string of the molecule is N#[N+]c1sc(=S)n(CCC(=O)Nc2ccccc2C(=O)O)c1[O-]. The number of hydrogen-bond donors (Lipinski definition) is 2. The Balaban J connectivity index is 2.08. The molecule has 2 N–H and O–H groups in total. The highest BCUT2D eigenvalue weighted by atomic mass is 32.1. The lowest BCUT2D eigenvalue weighted by atomic mass is 10.2. The van der Waals surface area contributed by atoms with Gasteiger partial charge in [0, 0.05) is 13.0 Å². The van der Waals surface area contributed by atoms with Gasteiger partial charge in [0.05, 0.1) is 17.1 Å². The van der Waals surface area contributed by atoms with Crippen molar-refractivity contribution in [1.82, 2.24) is 4.57 Å². The van der Waals surface area contributed by atoms with Gasteiger partial charge in [0.1, 0.15) is 0 Å². The van der Waals surface area contributed by atoms with Crippen LogP contribution in [0, 0.1) is 9.35 Å². The minimum atomic E-state index is -1.16. The van der Waals surface area contributed by atoms with Gasteiger partial charge in [-0.1, -0.05) is 12.1 Å². The van der Waals surface area contributed by atoms with Gasteiger partial charge in [-0.05, 0) is 35.7 Å². The van der Waals surface area contributed by atoms with Crippen LogP contribution in [0.25, 0.3) is 4.98 Å². The summed E-state index contributed by atoms with van der Waals surface area (Å²) < 4.78 is 1.35. The maximum Gasteiger partial charge on any atom is 0.451 e. The fraction of sp³-hybridized carbons (Fsp3) is 0.154. The second-order valence-electron chi connectivity index (χ2n) is 4.38. The number of anilines is 1. The smallest absolute Gasteiger partial charge is 0.451 e. The zero-order valence-corrected chi connectivity index (χ0v) is 13.2. The number of carbonyl (C=O) groups is 2. The van der Waals surface area contributed by atoms with E-state index in [-0.39, 0.29) is 33.2 Å². The van der Waals surface area contributed by atoms with Gasteiger partial charge in [-0.2, -0.15) is 0 Å². The number of benzene rings is 1. The first kappa shape index (κ1) is 16.6. The first-order valence-corrected chi connectivity index (χ1v) is 7.54. The third-order valence-corrected chi connectivity index (χ3v) is 4.23. The number of rotatable bonds is 5. The van der Waals surface area contributed by atoms with Crippen LogP contribution < -0.4 is 10.4 Å². The fourth-order valence-electron chi connectivity index (χ4n) is 1.84. The maximum absolute atomic E-state index is 11.9. The molecule has 8 nitrogen and oxygen atoms in total. The number of aromatic nitrogens is 1. The van der Waals surface area contributed by atoms with Crippen LogP contribution in [-0.2, 0) is 11.3 Å². The number of nitrogens with zero attached hydrogens (tertiary/aromatic N) is 3. The van der Waals surface area contributed by atoms with Crippen LogP contribution in [0.1, 0.15) is 16.8 Å². The van der Waals surface area contributed by atoms with Crippen molar-refractivity contribution in [2.24, 2.45) is 0 Å². The zero-order valence-electron chi connectivity index (χ0n) is 11.6. The number of para-hydroxylation sites is 1. The van der Waals surface area contributed by atoms with E-state index < -0.39 is 17.8 Å². The van der Waals surface area contributed by atoms with E-state index >= 15 is 0 Å². The molecule has 0 spiro atoms. The molecule has 1 aromatic carbocycles. The fourth-order valence-corrected chi connectivity index (χ4v) is 2.94. The van der Waals surface area contributed by atoms with E-state index in [1.807, 2.05) is 0 Å². The monoisotopic (exact) mass is 350 g/mol. The first-order valence-electron chi connectivity index (χ1n) is 6.32. The molecule has 0 atom stereocenters. The van der Waals surface area contributed by atoms with Gasteiger partial charge in [0.15, 0.2) is 8.93 Å². The molecule has 10 heteroatoms. The van der Waals surface area contributed by atoms with Crippen molar-refractivity contribution in [3.8, 4) is 5.88 Å². The maximum atomic E-state index is 11.9. The Labute approximate surface area is 139 Å². The molecule has 0 radical (unpaired) electrons. The summed E-state index contributed by atoms with van der Waals surface area (Å²) in [6.45, 7) is 0.00472. The Kier molecular flexibility index (Phi) is 5.05. The van der Waals surface area contributed by atoms with E-state index in [2.05, 4.69) is 10.3 Å². The van der Waals surface area contributed by atoms with Crippen molar-refractivity contribution < 1.29 is 19.8 Å². The largest absolute Gasteiger partial charge is 0.854 e. The molecular formula is C13H10N4O4S2. The summed E-state index contributed by atoms with van der Waals surface area (Å²) in [4.78, 5) is 25.8. The second-order valence-corrected chi connectivity index (χ2v) is 6.00. The van der Waals surface area contributed by atoms with E-state index in [1.54, 1.807) is 12.1 Å². The minimum Gasteiger partial charge on any atom is -0.854 e. The lowest BCUT2D eigenvalue weighted by Crippen LogP contribution is -2.17. The molecule has 0 aliphatic rings. The molecule has 0 aliphatic heterocycles. The number of hydrogen-bond acceptors (Lipinski definition) is 6. The molecule has 0 aliphatic carbocycles. The van der Waals surface area contributed by atoms with E-state index in [4.69, 9.17) is 22.7 Å². The summed E-state index contributed by atoms with van der Waals surface area (Å²) in [7, 11) is 0. The molecule has 0 unspecified atom stereocenters. The van der Waals surface area contributed by atoms with E-state index in [1.165, 1.54) is 12.1 Å². The third kappa shape index (κ3) is 3.71. The van der Waals surface area contributed by atoms with Gasteiger partial charge < -0.3 is 20.1 Å². The summed E-state index contributed by atoms with van der Waals surface area (Å²) in [6.07, 6.45) is -0.0842. The molecule has 118 valence electrons. The summed E-state index contributed by atoms with van der Waals surface area (Å²) in [5.74, 6) is -2.19. The number of aromatic carboxylic acids is 1. The van der Waals surface area contributed by atoms with Gasteiger partial charge >= 0.3 is 11.0 Å². The number of carboxylic acid groups (broad SMARTS) is 1. The predicted octanol–water partition coefficient (Wildman–Crippen LogP) is 2.56. The molecule has 2 rings (SSSR count). The summed E-state index contributed by atoms with van der Waals surface area (Å²) in [5.41, 5.74) is 0.145. The molecular weight excluding hydrogens is 340 g/mol. The van der Waals surface area contributed by atoms with Crippen LogP contribution in [0.15, 0.2) is 24.3 Å². The van der Waals surface area contributed by atoms with Crippen molar-refractivity contribution in [1.29, 1.82) is 5.39 Å². The van der Waals surface area contributed by atoms with Crippen molar-refractivity contribution in [3.05, 3.63) is 38.8 Å². The van der Waals surface area contributed by atoms with Crippen LogP contribution in [0.4, 0.5) is 10.7 Å². The molecule has 0 saturated heterocycles. The van der Waals surface area contributed by atoms with Crippen LogP contribution in [0.5, 0.6) is 5.88 Å². The highest BCUT2D eigenvalue weighted by molar-refractivity contribution is 7.73. The molecule has 0 saturated carbocycles. The lowest BCUT2D eigenvalue weighted by molar-refractivity contribution is -0.277. The number of amides is 1. The summed E-state index contributed by atoms with van der Waals surface area (Å²) in [6, 6.07) is 5.99. The first-order chi connectivity index (χ1) is 10.9. The van der Waals surface area contributed by atoms with Crippen molar-refractivity contribution in [3.63, 3.8) is 0 Å². The second kappa shape index (κ2) is 6.99. The molecule has 1 amide bonds. The summed E-state index contributed by atoms with van der Waals surface area (Å²) in [5, 5.41) is 31.8. The molecule has 23 heavy (non-hydrogen) atoms. The van der Waals surface area contributed by atoms with Crippen molar-refractivity contribution in [2.45, 2.75) is 13.0 Å². The minimum absolute atomic E-state index is 0.00472. The molecule has 0 fully saturated rings. The Morgan fingerprint density at radius 3 is 2.74 bits per heavy atom. The summed E-state index contributed by atoms with van der Waals surface area (Å²) >= 11 is 5.81. The number of nitrogens with one attached hydrogen (secondary N) is 1. The molecule has 0 bridgehead atoms. The number of diazo groups is 1. The van der Waals surface area contributed by atoms with Crippen LogP contribution in [0.2, 0.25) is 0 Å². The number of carboxylic acids is 1. The Hall–Kier alpha value is -2.77. The highest BCUT2D eigenvalue weighted by Gasteiger charge is 2.16. The van der Waals surface area contributed by atoms with E-state index in [0.29, 0.717) is 0 Å². The average Bonchev–Trinajstić information content (AvgIpc) is 2.79. The zero-order chi connectivity index (χ0) is 17.0. The average molecular weight is 350 g/mol. The van der Waals surface area contributed by atoms with Crippen molar-refractivity contribution >= 4 is 46.1 Å². The van der Waals surface area contributed by atoms with E-state index in [9.17, 15) is 14.7 Å². The van der Waals surface area contributed by atoms with Gasteiger partial charge in [0.25, 0.3) is 0 Å². The van der Waals surface area contributed by atoms with Gasteiger partial charge in [-0.25, -0.2) is 4.79 Å². The number of carbonyl (C=O) groups excluding carboxylic acids is 1. The standard InChI is InChI=1S/C13H10N4O4S2/c14-16-10-11(19)17(13(22)23-10)6-5-9(18)15-8-4-2-1-3-7(8)12(20)21/h1-4H,5-6H2,(H2-,15,18,19,20,21). The normalized spacial score (nSPS) is 10.0. The van der Waals surface area contributed by atoms with Crippen LogP contribution in [-0.4, -0.2) is 21.6 Å². The Bertz CT molecular complexity index is 866. The third-order valence-electron chi connectivity index (χ3n) is 2.92. The van der Waals surface area contributed by atoms with Gasteiger partial charge in [0.2, 0.25) is 11.3 Å². The van der Waals surface area contributed by atoms with E-state index in [0.717, 1.165) is 15.9 Å². The van der Waals surface area contributed by atoms with Crippen LogP contribution >= 0.6 is 23.6 Å². The predicted molar refractivity (Wildman–Crippen MR) is 84.0 cm³/mol. The molecule has 1 heterocycles. The molecule has 2 aromatic rings. The van der Waals surface area contributed by atoms with Crippen molar-refractivity contribution in [2.75, 3.05) is 5.32 Å². The highest BCUT2D eigenvalue weighted by Crippen LogP contribution is 2.32. The molecule has 1 aromatic heterocycles. The van der Waals surface area contributed by atoms with Crippen LogP contribution in [0.3, 0.4) is 0 Å². The topological polar surface area (TPSA) is 123 Å². The quantitative estimate of drug-likeness (QED) is 0.631. The Morgan fingerprint density at radius 2 is 2.13 bits per heavy atom. The number of thiazole rings is 1. The van der Waals surface area contributed by atoms with Gasteiger partial charge in [-0.3, -0.25) is 4.79 Å². The van der Waals surface area contributed by atoms with Gasteiger partial charge in [-0.15, -0.1) is 0 Å².